The lowest BCUT2D eigenvalue weighted by atomic mass is 9.95. The predicted octanol–water partition coefficient (Wildman–Crippen LogP) is 4.64. The monoisotopic (exact) mass is 323 g/mol. The van der Waals surface area contributed by atoms with Crippen molar-refractivity contribution in [3.05, 3.63) is 53.9 Å². The Hall–Kier alpha value is -2.36. The summed E-state index contributed by atoms with van der Waals surface area (Å²) in [5.74, 6) is -0.177. The van der Waals surface area contributed by atoms with Crippen molar-refractivity contribution in [3.63, 3.8) is 0 Å². The topological polar surface area (TPSA) is 54.0 Å². The molecule has 2 N–H and O–H groups in total. The Kier molecular flexibility index (Phi) is 5.47. The van der Waals surface area contributed by atoms with E-state index < -0.39 is 0 Å². The number of nitrogens with one attached hydrogen (secondary N) is 2. The van der Waals surface area contributed by atoms with E-state index in [0.29, 0.717) is 11.7 Å². The zero-order chi connectivity index (χ0) is 16.8. The Morgan fingerprint density at radius 2 is 1.75 bits per heavy atom. The van der Waals surface area contributed by atoms with Gasteiger partial charge in [0, 0.05) is 11.7 Å². The molecule has 0 saturated heterocycles. The number of benzene rings is 1. The average molecular weight is 323 g/mol. The van der Waals surface area contributed by atoms with Gasteiger partial charge in [-0.2, -0.15) is 0 Å². The molecule has 4 nitrogen and oxygen atoms in total. The van der Waals surface area contributed by atoms with Crippen molar-refractivity contribution >= 4 is 17.3 Å². The van der Waals surface area contributed by atoms with Crippen molar-refractivity contribution in [2.45, 2.75) is 51.5 Å². The molecule has 24 heavy (non-hydrogen) atoms. The molecule has 0 radical (unpaired) electrons. The first-order valence-corrected chi connectivity index (χ1v) is 8.87. The molecule has 126 valence electrons. The third-order valence-corrected chi connectivity index (χ3v) is 4.59. The van der Waals surface area contributed by atoms with Crippen LogP contribution in [0.5, 0.6) is 0 Å². The van der Waals surface area contributed by atoms with E-state index in [1.165, 1.54) is 37.7 Å². The summed E-state index contributed by atoms with van der Waals surface area (Å²) in [5.41, 5.74) is 3.47. The largest absolute Gasteiger partial charge is 0.381 e. The van der Waals surface area contributed by atoms with Gasteiger partial charge in [-0.3, -0.25) is 4.79 Å². The van der Waals surface area contributed by atoms with Gasteiger partial charge in [0.2, 0.25) is 0 Å². The summed E-state index contributed by atoms with van der Waals surface area (Å²) in [7, 11) is 0. The molecule has 1 saturated carbocycles. The van der Waals surface area contributed by atoms with Gasteiger partial charge < -0.3 is 10.6 Å². The highest BCUT2D eigenvalue weighted by molar-refractivity contribution is 6.02. The number of anilines is 2. The van der Waals surface area contributed by atoms with Crippen LogP contribution >= 0.6 is 0 Å². The van der Waals surface area contributed by atoms with E-state index in [1.54, 1.807) is 12.3 Å². The molecule has 0 atom stereocenters. The minimum Gasteiger partial charge on any atom is -0.381 e. The predicted molar refractivity (Wildman–Crippen MR) is 98.5 cm³/mol. The quantitative estimate of drug-likeness (QED) is 0.842. The van der Waals surface area contributed by atoms with Crippen LogP contribution in [0.2, 0.25) is 0 Å². The van der Waals surface area contributed by atoms with Crippen LogP contribution in [0.1, 0.15) is 55.1 Å². The fraction of sp³-hybridized carbons (Fsp3) is 0.400. The first-order valence-electron chi connectivity index (χ1n) is 8.87. The molecule has 1 heterocycles. The molecule has 1 aromatic carbocycles. The average Bonchev–Trinajstić information content (AvgIpc) is 2.64. The number of aryl methyl sites for hydroxylation is 1. The zero-order valence-electron chi connectivity index (χ0n) is 14.2. The molecule has 1 fully saturated rings. The molecule has 1 aromatic heterocycles. The molecule has 1 aliphatic carbocycles. The van der Waals surface area contributed by atoms with Crippen LogP contribution in [0.15, 0.2) is 42.6 Å². The van der Waals surface area contributed by atoms with E-state index in [-0.39, 0.29) is 5.91 Å². The summed E-state index contributed by atoms with van der Waals surface area (Å²) in [4.78, 5) is 16.6. The lowest BCUT2D eigenvalue weighted by molar-refractivity contribution is 0.102. The SMILES string of the molecule is CCc1ccc(NC(=O)c2ccc(NC3CCCCC3)cn2)cc1. The lowest BCUT2D eigenvalue weighted by Gasteiger charge is -2.23. The molecule has 0 unspecified atom stereocenters. The van der Waals surface area contributed by atoms with Gasteiger partial charge in [0.05, 0.1) is 11.9 Å². The Bertz CT molecular complexity index is 658. The Labute approximate surface area is 143 Å². The number of amides is 1. The van der Waals surface area contributed by atoms with Crippen molar-refractivity contribution in [1.29, 1.82) is 0 Å². The number of carbonyl (C=O) groups excluding carboxylic acids is 1. The van der Waals surface area contributed by atoms with E-state index in [4.69, 9.17) is 0 Å². The molecule has 1 amide bonds. The van der Waals surface area contributed by atoms with E-state index in [0.717, 1.165) is 17.8 Å². The van der Waals surface area contributed by atoms with E-state index in [9.17, 15) is 4.79 Å². The van der Waals surface area contributed by atoms with Crippen molar-refractivity contribution in [3.8, 4) is 0 Å². The van der Waals surface area contributed by atoms with Crippen LogP contribution < -0.4 is 10.6 Å². The highest BCUT2D eigenvalue weighted by Gasteiger charge is 2.13. The summed E-state index contributed by atoms with van der Waals surface area (Å²) in [6.07, 6.45) is 9.11. The standard InChI is InChI=1S/C20H25N3O/c1-2-15-8-10-17(11-9-15)23-20(24)19-13-12-18(14-21-19)22-16-6-4-3-5-7-16/h8-14,16,22H,2-7H2,1H3,(H,23,24). The van der Waals surface area contributed by atoms with Crippen LogP contribution in [0.4, 0.5) is 11.4 Å². The molecule has 0 bridgehead atoms. The van der Waals surface area contributed by atoms with Crippen molar-refractivity contribution in [1.82, 2.24) is 4.98 Å². The van der Waals surface area contributed by atoms with Crippen LogP contribution in [0.3, 0.4) is 0 Å². The normalized spacial score (nSPS) is 15.0. The number of aromatic nitrogens is 1. The van der Waals surface area contributed by atoms with E-state index in [2.05, 4.69) is 22.5 Å². The third kappa shape index (κ3) is 4.34. The fourth-order valence-electron chi connectivity index (χ4n) is 3.12. The minimum absolute atomic E-state index is 0.177. The number of rotatable bonds is 5. The number of hydrogen-bond donors (Lipinski definition) is 2. The summed E-state index contributed by atoms with van der Waals surface area (Å²) in [6.45, 7) is 2.11. The van der Waals surface area contributed by atoms with Gasteiger partial charge in [-0.15, -0.1) is 0 Å². The highest BCUT2D eigenvalue weighted by atomic mass is 16.1. The molecule has 1 aliphatic rings. The van der Waals surface area contributed by atoms with E-state index >= 15 is 0 Å². The Morgan fingerprint density at radius 1 is 1.04 bits per heavy atom. The third-order valence-electron chi connectivity index (χ3n) is 4.59. The second kappa shape index (κ2) is 7.95. The highest BCUT2D eigenvalue weighted by Crippen LogP contribution is 2.21. The first kappa shape index (κ1) is 16.5. The maximum atomic E-state index is 12.3. The van der Waals surface area contributed by atoms with Crippen molar-refractivity contribution < 1.29 is 4.79 Å². The smallest absolute Gasteiger partial charge is 0.274 e. The second-order valence-corrected chi connectivity index (χ2v) is 6.42. The Morgan fingerprint density at radius 3 is 2.38 bits per heavy atom. The molecule has 0 aliphatic heterocycles. The van der Waals surface area contributed by atoms with Crippen LogP contribution in [0, 0.1) is 0 Å². The summed E-state index contributed by atoms with van der Waals surface area (Å²) in [6, 6.07) is 12.2. The molecule has 2 aromatic rings. The lowest BCUT2D eigenvalue weighted by Crippen LogP contribution is -2.22. The molecule has 4 heteroatoms. The summed E-state index contributed by atoms with van der Waals surface area (Å²) >= 11 is 0. The van der Waals surface area contributed by atoms with Gasteiger partial charge in [-0.05, 0) is 49.1 Å². The van der Waals surface area contributed by atoms with Crippen LogP contribution in [-0.4, -0.2) is 16.9 Å². The second-order valence-electron chi connectivity index (χ2n) is 6.42. The van der Waals surface area contributed by atoms with Crippen molar-refractivity contribution in [2.75, 3.05) is 10.6 Å². The van der Waals surface area contributed by atoms with Gasteiger partial charge in [-0.25, -0.2) is 4.98 Å². The Balaban J connectivity index is 1.58. The van der Waals surface area contributed by atoms with Gasteiger partial charge >= 0.3 is 0 Å². The number of nitrogens with zero attached hydrogens (tertiary/aromatic N) is 1. The molecule has 3 rings (SSSR count). The maximum Gasteiger partial charge on any atom is 0.274 e. The zero-order valence-corrected chi connectivity index (χ0v) is 14.2. The van der Waals surface area contributed by atoms with Crippen LogP contribution in [0.25, 0.3) is 0 Å². The number of pyridine rings is 1. The van der Waals surface area contributed by atoms with Gasteiger partial charge in [0.25, 0.3) is 5.91 Å². The molecular weight excluding hydrogens is 298 g/mol. The number of hydrogen-bond acceptors (Lipinski definition) is 3. The summed E-state index contributed by atoms with van der Waals surface area (Å²) < 4.78 is 0. The minimum atomic E-state index is -0.177. The van der Waals surface area contributed by atoms with Crippen LogP contribution in [-0.2, 0) is 6.42 Å². The fourth-order valence-corrected chi connectivity index (χ4v) is 3.12. The van der Waals surface area contributed by atoms with Crippen molar-refractivity contribution in [2.24, 2.45) is 0 Å². The van der Waals surface area contributed by atoms with Gasteiger partial charge in [0.1, 0.15) is 5.69 Å². The van der Waals surface area contributed by atoms with Gasteiger partial charge in [-0.1, -0.05) is 38.3 Å². The summed E-state index contributed by atoms with van der Waals surface area (Å²) in [5, 5.41) is 6.40. The van der Waals surface area contributed by atoms with Gasteiger partial charge in [0.15, 0.2) is 0 Å². The maximum absolute atomic E-state index is 12.3. The first-order chi connectivity index (χ1) is 11.7. The molecule has 0 spiro atoms. The number of carbonyl (C=O) groups is 1. The van der Waals surface area contributed by atoms with E-state index in [1.807, 2.05) is 30.3 Å². The molecular formula is C20H25N3O.